The Balaban J connectivity index is 5.38. The second kappa shape index (κ2) is 4.31. The standard InChI is InChI=1S/C9H13N3O/c1-5(9(12)6(2)11)8(4-10)7(3)13/h11-12H2,1-3H3/b8-5-,9-6+. The van der Waals surface area contributed by atoms with Gasteiger partial charge in [0.2, 0.25) is 0 Å². The van der Waals surface area contributed by atoms with Crippen molar-refractivity contribution >= 4 is 5.78 Å². The predicted octanol–water partition coefficient (Wildman–Crippen LogP) is 0.564. The van der Waals surface area contributed by atoms with Crippen molar-refractivity contribution in [3.8, 4) is 6.07 Å². The van der Waals surface area contributed by atoms with Crippen molar-refractivity contribution in [2.45, 2.75) is 20.8 Å². The van der Waals surface area contributed by atoms with Gasteiger partial charge in [-0.2, -0.15) is 5.26 Å². The molecule has 0 aliphatic rings. The second-order valence-electron chi connectivity index (χ2n) is 2.76. The van der Waals surface area contributed by atoms with Crippen molar-refractivity contribution in [1.29, 1.82) is 5.26 Å². The maximum absolute atomic E-state index is 10.9. The van der Waals surface area contributed by atoms with Gasteiger partial charge in [0.25, 0.3) is 0 Å². The lowest BCUT2D eigenvalue weighted by atomic mass is 10.0. The van der Waals surface area contributed by atoms with Gasteiger partial charge in [0.15, 0.2) is 5.78 Å². The molecule has 0 aromatic rings. The highest BCUT2D eigenvalue weighted by Gasteiger charge is 2.09. The van der Waals surface area contributed by atoms with Crippen LogP contribution in [0.3, 0.4) is 0 Å². The molecule has 4 N–H and O–H groups in total. The summed E-state index contributed by atoms with van der Waals surface area (Å²) in [5.41, 5.74) is 12.2. The third-order valence-electron chi connectivity index (χ3n) is 1.67. The Hall–Kier alpha value is -1.76. The number of nitrogens with zero attached hydrogens (tertiary/aromatic N) is 1. The number of hydrogen-bond acceptors (Lipinski definition) is 4. The van der Waals surface area contributed by atoms with Crippen LogP contribution in [0.4, 0.5) is 0 Å². The monoisotopic (exact) mass is 179 g/mol. The largest absolute Gasteiger partial charge is 0.401 e. The molecule has 13 heavy (non-hydrogen) atoms. The lowest BCUT2D eigenvalue weighted by Gasteiger charge is -2.05. The van der Waals surface area contributed by atoms with Gasteiger partial charge < -0.3 is 11.5 Å². The summed E-state index contributed by atoms with van der Waals surface area (Å²) in [5.74, 6) is -0.302. The number of Topliss-reactive ketones (excluding diaryl/α,β-unsaturated/α-hetero) is 1. The Morgan fingerprint density at radius 2 is 1.69 bits per heavy atom. The molecule has 70 valence electrons. The number of nitrogens with two attached hydrogens (primary N) is 2. The van der Waals surface area contributed by atoms with Crippen molar-refractivity contribution in [3.05, 3.63) is 22.5 Å². The van der Waals surface area contributed by atoms with Crippen LogP contribution in [-0.4, -0.2) is 5.78 Å². The van der Waals surface area contributed by atoms with Gasteiger partial charge in [-0.3, -0.25) is 4.79 Å². The van der Waals surface area contributed by atoms with Gasteiger partial charge in [-0.15, -0.1) is 0 Å². The molecule has 0 saturated heterocycles. The number of nitriles is 1. The summed E-state index contributed by atoms with van der Waals surface area (Å²) in [6.45, 7) is 4.54. The molecule has 0 heterocycles. The minimum atomic E-state index is -0.302. The van der Waals surface area contributed by atoms with Crippen molar-refractivity contribution in [3.63, 3.8) is 0 Å². The molecule has 0 saturated carbocycles. The smallest absolute Gasteiger partial charge is 0.170 e. The van der Waals surface area contributed by atoms with E-state index >= 15 is 0 Å². The summed E-state index contributed by atoms with van der Waals surface area (Å²) >= 11 is 0. The summed E-state index contributed by atoms with van der Waals surface area (Å²) in [6, 6.07) is 1.80. The summed E-state index contributed by atoms with van der Waals surface area (Å²) in [7, 11) is 0. The molecule has 0 rings (SSSR count). The second-order valence-corrected chi connectivity index (χ2v) is 2.76. The van der Waals surface area contributed by atoms with E-state index in [0.29, 0.717) is 17.0 Å². The molecule has 0 aromatic heterocycles. The number of rotatable bonds is 2. The van der Waals surface area contributed by atoms with E-state index < -0.39 is 0 Å². The Labute approximate surface area is 77.5 Å². The highest BCUT2D eigenvalue weighted by Crippen LogP contribution is 2.11. The van der Waals surface area contributed by atoms with E-state index in [4.69, 9.17) is 16.7 Å². The van der Waals surface area contributed by atoms with Crippen LogP contribution in [0.5, 0.6) is 0 Å². The van der Waals surface area contributed by atoms with Crippen LogP contribution in [0.15, 0.2) is 22.5 Å². The first-order valence-electron chi connectivity index (χ1n) is 3.76. The molecule has 0 spiro atoms. The Morgan fingerprint density at radius 3 is 1.92 bits per heavy atom. The quantitative estimate of drug-likeness (QED) is 0.368. The molecule has 0 atom stereocenters. The lowest BCUT2D eigenvalue weighted by Crippen LogP contribution is -2.11. The highest BCUT2D eigenvalue weighted by atomic mass is 16.1. The van der Waals surface area contributed by atoms with Crippen LogP contribution in [0.1, 0.15) is 20.8 Å². The van der Waals surface area contributed by atoms with Gasteiger partial charge in [0, 0.05) is 5.70 Å². The van der Waals surface area contributed by atoms with Crippen LogP contribution in [0, 0.1) is 11.3 Å². The molecule has 0 aliphatic carbocycles. The molecule has 0 radical (unpaired) electrons. The molecule has 0 amide bonds. The predicted molar refractivity (Wildman–Crippen MR) is 50.1 cm³/mol. The lowest BCUT2D eigenvalue weighted by molar-refractivity contribution is -0.113. The number of hydrogen-bond donors (Lipinski definition) is 2. The van der Waals surface area contributed by atoms with Crippen LogP contribution in [0.25, 0.3) is 0 Å². The van der Waals surface area contributed by atoms with Crippen molar-refractivity contribution < 1.29 is 4.79 Å². The summed E-state index contributed by atoms with van der Waals surface area (Å²) < 4.78 is 0. The number of carbonyl (C=O) groups is 1. The summed E-state index contributed by atoms with van der Waals surface area (Å²) in [6.07, 6.45) is 0. The average molecular weight is 179 g/mol. The average Bonchev–Trinajstić information content (AvgIpc) is 2.03. The van der Waals surface area contributed by atoms with Gasteiger partial charge in [-0.25, -0.2) is 0 Å². The fourth-order valence-electron chi connectivity index (χ4n) is 0.857. The fourth-order valence-corrected chi connectivity index (χ4v) is 0.857. The van der Waals surface area contributed by atoms with E-state index in [1.807, 2.05) is 0 Å². The first kappa shape index (κ1) is 11.2. The molecule has 0 aromatic carbocycles. The Bertz CT molecular complexity index is 327. The minimum absolute atomic E-state index is 0.0577. The molecule has 4 nitrogen and oxygen atoms in total. The third-order valence-corrected chi connectivity index (χ3v) is 1.67. The first-order chi connectivity index (χ1) is 5.91. The molecular weight excluding hydrogens is 166 g/mol. The first-order valence-corrected chi connectivity index (χ1v) is 3.76. The van der Waals surface area contributed by atoms with Crippen LogP contribution in [-0.2, 0) is 4.79 Å². The van der Waals surface area contributed by atoms with Crippen molar-refractivity contribution in [2.75, 3.05) is 0 Å². The van der Waals surface area contributed by atoms with E-state index in [0.717, 1.165) is 0 Å². The SMILES string of the molecule is CC(=O)/C(C#N)=C(C)\C(N)=C(\C)N. The highest BCUT2D eigenvalue weighted by molar-refractivity contribution is 5.98. The minimum Gasteiger partial charge on any atom is -0.401 e. The molecular formula is C9H13N3O. The van der Waals surface area contributed by atoms with E-state index in [2.05, 4.69) is 0 Å². The van der Waals surface area contributed by atoms with Gasteiger partial charge in [0.1, 0.15) is 6.07 Å². The van der Waals surface area contributed by atoms with E-state index in [1.165, 1.54) is 6.92 Å². The number of allylic oxidation sites excluding steroid dienone is 3. The van der Waals surface area contributed by atoms with Crippen LogP contribution < -0.4 is 11.5 Å². The molecule has 0 bridgehead atoms. The maximum atomic E-state index is 10.9. The fraction of sp³-hybridized carbons (Fsp3) is 0.333. The van der Waals surface area contributed by atoms with Crippen LogP contribution >= 0.6 is 0 Å². The zero-order chi connectivity index (χ0) is 10.6. The molecule has 0 unspecified atom stereocenters. The van der Waals surface area contributed by atoms with Crippen LogP contribution in [0.2, 0.25) is 0 Å². The Morgan fingerprint density at radius 1 is 1.23 bits per heavy atom. The number of ketones is 1. The van der Waals surface area contributed by atoms with Crippen molar-refractivity contribution in [2.24, 2.45) is 11.5 Å². The van der Waals surface area contributed by atoms with Gasteiger partial charge in [0.05, 0.1) is 11.3 Å². The van der Waals surface area contributed by atoms with E-state index in [9.17, 15) is 4.79 Å². The zero-order valence-corrected chi connectivity index (χ0v) is 8.01. The van der Waals surface area contributed by atoms with Gasteiger partial charge >= 0.3 is 0 Å². The molecule has 0 aliphatic heterocycles. The maximum Gasteiger partial charge on any atom is 0.170 e. The van der Waals surface area contributed by atoms with E-state index in [-0.39, 0.29) is 11.4 Å². The zero-order valence-electron chi connectivity index (χ0n) is 8.01. The van der Waals surface area contributed by atoms with Gasteiger partial charge in [-0.1, -0.05) is 0 Å². The normalized spacial score (nSPS) is 14.0. The number of carbonyl (C=O) groups excluding carboxylic acids is 1. The van der Waals surface area contributed by atoms with Crippen molar-refractivity contribution in [1.82, 2.24) is 0 Å². The van der Waals surface area contributed by atoms with Gasteiger partial charge in [-0.05, 0) is 26.3 Å². The molecule has 0 fully saturated rings. The summed E-state index contributed by atoms with van der Waals surface area (Å²) in [5, 5.41) is 8.65. The topological polar surface area (TPSA) is 92.9 Å². The molecule has 4 heteroatoms. The third kappa shape index (κ3) is 2.64. The summed E-state index contributed by atoms with van der Waals surface area (Å²) in [4.78, 5) is 10.9. The Kier molecular flexibility index (Phi) is 3.73. The van der Waals surface area contributed by atoms with E-state index in [1.54, 1.807) is 19.9 Å².